The maximum atomic E-state index is 12.7. The molecule has 1 fully saturated rings. The summed E-state index contributed by atoms with van der Waals surface area (Å²) in [6, 6.07) is 5.91. The molecule has 0 unspecified atom stereocenters. The second-order valence-electron chi connectivity index (χ2n) is 6.71. The summed E-state index contributed by atoms with van der Waals surface area (Å²) in [5.41, 5.74) is 0.752. The number of oxazole rings is 1. The molecule has 2 heterocycles. The maximum Gasteiger partial charge on any atom is 0.417 e. The van der Waals surface area contributed by atoms with Gasteiger partial charge in [0.2, 0.25) is 15.7 Å². The molecule has 1 aromatic carbocycles. The summed E-state index contributed by atoms with van der Waals surface area (Å²) in [5, 5.41) is 9.06. The van der Waals surface area contributed by atoms with E-state index in [0.717, 1.165) is 0 Å². The van der Waals surface area contributed by atoms with E-state index in [-0.39, 0.29) is 28.6 Å². The van der Waals surface area contributed by atoms with Crippen molar-refractivity contribution in [1.29, 1.82) is 5.26 Å². The molecule has 2 aromatic heterocycles. The molecular formula is C18H17N5O5S. The van der Waals surface area contributed by atoms with Crippen molar-refractivity contribution in [2.45, 2.75) is 42.7 Å². The molecule has 0 aliphatic heterocycles. The Morgan fingerprint density at radius 1 is 1.21 bits per heavy atom. The number of H-pyrrole nitrogens is 1. The van der Waals surface area contributed by atoms with Crippen molar-refractivity contribution < 1.29 is 17.6 Å². The van der Waals surface area contributed by atoms with Crippen molar-refractivity contribution in [2.24, 2.45) is 0 Å². The number of nitrogens with zero attached hydrogens (tertiary/aromatic N) is 3. The number of benzene rings is 1. The van der Waals surface area contributed by atoms with Crippen molar-refractivity contribution >= 4 is 21.1 Å². The van der Waals surface area contributed by atoms with E-state index in [1.165, 1.54) is 30.6 Å². The second kappa shape index (κ2) is 7.65. The molecule has 2 N–H and O–H groups in total. The maximum absolute atomic E-state index is 12.7. The van der Waals surface area contributed by atoms with Gasteiger partial charge in [0.1, 0.15) is 12.2 Å². The fraction of sp³-hybridized carbons (Fsp3) is 0.333. The normalized spacial score (nSPS) is 19.7. The fourth-order valence-electron chi connectivity index (χ4n) is 3.33. The molecule has 0 spiro atoms. The van der Waals surface area contributed by atoms with Crippen LogP contribution in [0.25, 0.3) is 11.1 Å². The van der Waals surface area contributed by atoms with Gasteiger partial charge in [-0.15, -0.1) is 0 Å². The molecular weight excluding hydrogens is 398 g/mol. The second-order valence-corrected chi connectivity index (χ2v) is 8.42. The van der Waals surface area contributed by atoms with Gasteiger partial charge in [0.15, 0.2) is 5.58 Å². The van der Waals surface area contributed by atoms with Crippen LogP contribution in [0.15, 0.2) is 44.7 Å². The van der Waals surface area contributed by atoms with Crippen molar-refractivity contribution in [2.75, 3.05) is 0 Å². The zero-order valence-corrected chi connectivity index (χ0v) is 16.0. The zero-order valence-electron chi connectivity index (χ0n) is 15.2. The Labute approximate surface area is 165 Å². The van der Waals surface area contributed by atoms with E-state index in [1.54, 1.807) is 0 Å². The molecule has 0 radical (unpaired) electrons. The SMILES string of the molecule is N#Cc1nccnc1OC1CCC(NS(=O)(=O)c2ccc3oc(=O)[nH]c3c2)CC1. The number of aromatic nitrogens is 3. The minimum atomic E-state index is -3.75. The number of nitrogens with one attached hydrogen (secondary N) is 2. The number of nitriles is 1. The third kappa shape index (κ3) is 4.13. The van der Waals surface area contributed by atoms with Crippen LogP contribution in [0.4, 0.5) is 0 Å². The van der Waals surface area contributed by atoms with Crippen LogP contribution in [0.2, 0.25) is 0 Å². The van der Waals surface area contributed by atoms with E-state index in [2.05, 4.69) is 19.7 Å². The molecule has 0 bridgehead atoms. The molecule has 10 nitrogen and oxygen atoms in total. The Hall–Kier alpha value is -3.23. The molecule has 0 amide bonds. The van der Waals surface area contributed by atoms with Crippen LogP contribution in [0, 0.1) is 11.3 Å². The molecule has 1 saturated carbocycles. The van der Waals surface area contributed by atoms with Gasteiger partial charge in [-0.25, -0.2) is 27.9 Å². The fourth-order valence-corrected chi connectivity index (χ4v) is 4.66. The smallest absolute Gasteiger partial charge is 0.417 e. The Kier molecular flexibility index (Phi) is 5.04. The zero-order chi connectivity index (χ0) is 20.4. The number of rotatable bonds is 5. The van der Waals surface area contributed by atoms with Crippen LogP contribution in [0.5, 0.6) is 5.88 Å². The largest absolute Gasteiger partial charge is 0.472 e. The van der Waals surface area contributed by atoms with Gasteiger partial charge in [0.25, 0.3) is 5.88 Å². The first-order valence-electron chi connectivity index (χ1n) is 8.97. The standard InChI is InChI=1S/C18H17N5O5S/c19-10-15-17(21-8-7-20-15)27-12-3-1-11(2-4-12)23-29(25,26)13-5-6-16-14(9-13)22-18(24)28-16/h5-9,11-12,23H,1-4H2,(H,22,24). The number of hydrogen-bond donors (Lipinski definition) is 2. The van der Waals surface area contributed by atoms with Gasteiger partial charge < -0.3 is 9.15 Å². The van der Waals surface area contributed by atoms with E-state index < -0.39 is 15.8 Å². The number of aromatic amines is 1. The lowest BCUT2D eigenvalue weighted by Gasteiger charge is -2.29. The number of ether oxygens (including phenoxy) is 1. The Morgan fingerprint density at radius 2 is 1.97 bits per heavy atom. The van der Waals surface area contributed by atoms with Crippen LogP contribution >= 0.6 is 0 Å². The quantitative estimate of drug-likeness (QED) is 0.635. The van der Waals surface area contributed by atoms with Crippen molar-refractivity contribution in [3.8, 4) is 11.9 Å². The van der Waals surface area contributed by atoms with Crippen LogP contribution < -0.4 is 15.2 Å². The Morgan fingerprint density at radius 3 is 2.72 bits per heavy atom. The van der Waals surface area contributed by atoms with Gasteiger partial charge >= 0.3 is 5.76 Å². The van der Waals surface area contributed by atoms with Gasteiger partial charge in [-0.3, -0.25) is 4.98 Å². The summed E-state index contributed by atoms with van der Waals surface area (Å²) in [7, 11) is -3.75. The van der Waals surface area contributed by atoms with Gasteiger partial charge in [0.05, 0.1) is 10.4 Å². The first kappa shape index (κ1) is 19.1. The summed E-state index contributed by atoms with van der Waals surface area (Å²) < 4.78 is 38.7. The van der Waals surface area contributed by atoms with Gasteiger partial charge in [-0.1, -0.05) is 0 Å². The van der Waals surface area contributed by atoms with Crippen LogP contribution in [-0.2, 0) is 10.0 Å². The average molecular weight is 415 g/mol. The van der Waals surface area contributed by atoms with Crippen molar-refractivity contribution in [3.63, 3.8) is 0 Å². The lowest BCUT2D eigenvalue weighted by molar-refractivity contribution is 0.137. The topological polar surface area (TPSA) is 151 Å². The molecule has 4 rings (SSSR count). The number of fused-ring (bicyclic) bond motifs is 1. The molecule has 150 valence electrons. The highest BCUT2D eigenvalue weighted by atomic mass is 32.2. The monoisotopic (exact) mass is 415 g/mol. The van der Waals surface area contributed by atoms with Gasteiger partial charge in [-0.2, -0.15) is 5.26 Å². The molecule has 0 saturated heterocycles. The summed E-state index contributed by atoms with van der Waals surface area (Å²) >= 11 is 0. The van der Waals surface area contributed by atoms with Gasteiger partial charge in [-0.05, 0) is 43.9 Å². The van der Waals surface area contributed by atoms with E-state index in [9.17, 15) is 13.2 Å². The number of hydrogen-bond acceptors (Lipinski definition) is 8. The highest BCUT2D eigenvalue weighted by molar-refractivity contribution is 7.89. The molecule has 0 atom stereocenters. The predicted octanol–water partition coefficient (Wildman–Crippen LogP) is 1.45. The number of sulfonamides is 1. The third-order valence-corrected chi connectivity index (χ3v) is 6.26. The molecule has 11 heteroatoms. The lowest BCUT2D eigenvalue weighted by Crippen LogP contribution is -2.39. The Balaban J connectivity index is 1.39. The van der Waals surface area contributed by atoms with Gasteiger partial charge in [0, 0.05) is 18.4 Å². The predicted molar refractivity (Wildman–Crippen MR) is 101 cm³/mol. The first-order chi connectivity index (χ1) is 13.9. The van der Waals surface area contributed by atoms with E-state index in [1.807, 2.05) is 6.07 Å². The van der Waals surface area contributed by atoms with Crippen molar-refractivity contribution in [3.05, 3.63) is 46.8 Å². The summed E-state index contributed by atoms with van der Waals surface area (Å²) in [6.45, 7) is 0. The molecule has 3 aromatic rings. The van der Waals surface area contributed by atoms with Crippen LogP contribution in [-0.4, -0.2) is 35.5 Å². The minimum absolute atomic E-state index is 0.0543. The molecule has 1 aliphatic carbocycles. The lowest BCUT2D eigenvalue weighted by atomic mass is 9.94. The minimum Gasteiger partial charge on any atom is -0.472 e. The van der Waals surface area contributed by atoms with Crippen molar-refractivity contribution in [1.82, 2.24) is 19.7 Å². The summed E-state index contributed by atoms with van der Waals surface area (Å²) in [5.74, 6) is -0.440. The highest BCUT2D eigenvalue weighted by Crippen LogP contribution is 2.25. The first-order valence-corrected chi connectivity index (χ1v) is 10.5. The molecule has 29 heavy (non-hydrogen) atoms. The van der Waals surface area contributed by atoms with Crippen LogP contribution in [0.1, 0.15) is 31.4 Å². The average Bonchev–Trinajstić information content (AvgIpc) is 3.09. The summed E-state index contributed by atoms with van der Waals surface area (Å²) in [6.07, 6.45) is 5.11. The molecule has 1 aliphatic rings. The van der Waals surface area contributed by atoms with E-state index in [4.69, 9.17) is 14.4 Å². The summed E-state index contributed by atoms with van der Waals surface area (Å²) in [4.78, 5) is 21.7. The third-order valence-electron chi connectivity index (χ3n) is 4.75. The Bertz CT molecular complexity index is 1240. The van der Waals surface area contributed by atoms with Crippen LogP contribution in [0.3, 0.4) is 0 Å². The van der Waals surface area contributed by atoms with E-state index >= 15 is 0 Å². The van der Waals surface area contributed by atoms with E-state index in [0.29, 0.717) is 36.8 Å². The highest BCUT2D eigenvalue weighted by Gasteiger charge is 2.27.